The molecule has 2 unspecified atom stereocenters. The zero-order chi connectivity index (χ0) is 31.3. The van der Waals surface area contributed by atoms with E-state index < -0.39 is 11.6 Å². The first-order valence-electron chi connectivity index (χ1n) is 15.9. The first-order chi connectivity index (χ1) is 18.9. The predicted octanol–water partition coefficient (Wildman–Crippen LogP) is 8.40. The van der Waals surface area contributed by atoms with Crippen LogP contribution in [0.1, 0.15) is 127 Å². The lowest BCUT2D eigenvalue weighted by Crippen LogP contribution is -2.56. The number of hydrogen-bond donors (Lipinski definition) is 1. The number of rotatable bonds is 11. The molecule has 6 heteroatoms. The molecule has 41 heavy (non-hydrogen) atoms. The summed E-state index contributed by atoms with van der Waals surface area (Å²) in [6.45, 7) is 26.0. The van der Waals surface area contributed by atoms with Crippen LogP contribution < -0.4 is 0 Å². The van der Waals surface area contributed by atoms with Gasteiger partial charge in [0.1, 0.15) is 5.66 Å². The maximum absolute atomic E-state index is 14.6. The van der Waals surface area contributed by atoms with Gasteiger partial charge >= 0.3 is 5.97 Å². The molecule has 1 heterocycles. The monoisotopic (exact) mass is 569 g/mol. The van der Waals surface area contributed by atoms with E-state index in [4.69, 9.17) is 4.99 Å². The number of amidine groups is 1. The van der Waals surface area contributed by atoms with Crippen LogP contribution in [-0.2, 0) is 9.59 Å². The molecule has 0 aromatic carbocycles. The van der Waals surface area contributed by atoms with Gasteiger partial charge in [-0.25, -0.2) is 9.79 Å². The summed E-state index contributed by atoms with van der Waals surface area (Å²) in [7, 11) is 2.03. The van der Waals surface area contributed by atoms with Gasteiger partial charge in [-0.1, -0.05) is 80.5 Å². The number of hydrogen-bond acceptors (Lipinski definition) is 4. The second kappa shape index (κ2) is 13.7. The van der Waals surface area contributed by atoms with Crippen molar-refractivity contribution in [1.29, 1.82) is 0 Å². The second-order valence-electron chi connectivity index (χ2n) is 14.7. The highest BCUT2D eigenvalue weighted by molar-refractivity contribution is 6.39. The van der Waals surface area contributed by atoms with E-state index in [1.54, 1.807) is 13.0 Å². The van der Waals surface area contributed by atoms with Crippen molar-refractivity contribution >= 4 is 17.7 Å². The number of carboxylic acid groups (broad SMARTS) is 1. The normalized spacial score (nSPS) is 24.0. The Morgan fingerprint density at radius 1 is 1.17 bits per heavy atom. The average molecular weight is 570 g/mol. The maximum atomic E-state index is 14.6. The molecule has 2 atom stereocenters. The van der Waals surface area contributed by atoms with Crippen molar-refractivity contribution in [3.05, 3.63) is 35.5 Å². The van der Waals surface area contributed by atoms with Gasteiger partial charge in [-0.05, 0) is 93.1 Å². The third-order valence-corrected chi connectivity index (χ3v) is 9.41. The molecule has 2 rings (SSSR count). The molecule has 1 aliphatic carbocycles. The summed E-state index contributed by atoms with van der Waals surface area (Å²) in [5, 5.41) is 9.74. The Bertz CT molecular complexity index is 1050. The smallest absolute Gasteiger partial charge is 0.335 e. The molecule has 1 fully saturated rings. The van der Waals surface area contributed by atoms with E-state index in [0.717, 1.165) is 63.4 Å². The number of nitrogens with zero attached hydrogens (tertiary/aromatic N) is 3. The topological polar surface area (TPSA) is 73.2 Å². The Morgan fingerprint density at radius 2 is 1.76 bits per heavy atom. The Kier molecular flexibility index (Phi) is 11.7. The number of allylic oxidation sites excluding steroid dienone is 1. The molecule has 0 aromatic rings. The predicted molar refractivity (Wildman–Crippen MR) is 172 cm³/mol. The molecule has 1 N–H and O–H groups in total. The summed E-state index contributed by atoms with van der Waals surface area (Å²) < 4.78 is 0. The number of aliphatic imine (C=N–C) groups is 1. The number of carbonyl (C=O) groups is 2. The van der Waals surface area contributed by atoms with Crippen LogP contribution in [0.5, 0.6) is 0 Å². The van der Waals surface area contributed by atoms with Gasteiger partial charge < -0.3 is 14.9 Å². The van der Waals surface area contributed by atoms with E-state index >= 15 is 0 Å². The molecular weight excluding hydrogens is 510 g/mol. The van der Waals surface area contributed by atoms with Crippen molar-refractivity contribution < 1.29 is 14.7 Å². The third kappa shape index (κ3) is 8.35. The van der Waals surface area contributed by atoms with E-state index in [0.29, 0.717) is 17.3 Å². The van der Waals surface area contributed by atoms with Crippen LogP contribution in [0.3, 0.4) is 0 Å². The lowest BCUT2D eigenvalue weighted by atomic mass is 9.69. The molecule has 232 valence electrons. The quantitative estimate of drug-likeness (QED) is 0.200. The molecular formula is C35H59N3O3. The number of amides is 1. The van der Waals surface area contributed by atoms with Crippen LogP contribution in [0, 0.1) is 16.7 Å². The highest BCUT2D eigenvalue weighted by Gasteiger charge is 2.53. The summed E-state index contributed by atoms with van der Waals surface area (Å²) in [6, 6.07) is -0.00698. The van der Waals surface area contributed by atoms with Crippen molar-refractivity contribution in [2.45, 2.75) is 145 Å². The highest BCUT2D eigenvalue weighted by Crippen LogP contribution is 2.48. The van der Waals surface area contributed by atoms with Gasteiger partial charge in [0, 0.05) is 13.1 Å². The average Bonchev–Trinajstić information content (AvgIpc) is 3.13. The summed E-state index contributed by atoms with van der Waals surface area (Å²) in [5.41, 5.74) is 1.36. The van der Waals surface area contributed by atoms with E-state index in [2.05, 4.69) is 71.8 Å². The van der Waals surface area contributed by atoms with Crippen LogP contribution in [0.15, 0.2) is 40.4 Å². The van der Waals surface area contributed by atoms with Gasteiger partial charge in [-0.2, -0.15) is 0 Å². The molecule has 1 saturated carbocycles. The number of carbonyl (C=O) groups excluding carboxylic acids is 1. The van der Waals surface area contributed by atoms with E-state index in [1.165, 1.54) is 0 Å². The molecule has 1 amide bonds. The van der Waals surface area contributed by atoms with Gasteiger partial charge in [0.15, 0.2) is 5.84 Å². The van der Waals surface area contributed by atoms with Gasteiger partial charge in [0.2, 0.25) is 0 Å². The van der Waals surface area contributed by atoms with E-state index in [9.17, 15) is 14.7 Å². The Hall–Kier alpha value is -2.37. The van der Waals surface area contributed by atoms with Gasteiger partial charge in [-0.3, -0.25) is 4.79 Å². The fourth-order valence-electron chi connectivity index (χ4n) is 6.76. The minimum absolute atomic E-state index is 0.00753. The number of aliphatic carboxylic acids is 1. The molecule has 0 bridgehead atoms. The third-order valence-electron chi connectivity index (χ3n) is 9.41. The van der Waals surface area contributed by atoms with E-state index in [-0.39, 0.29) is 34.4 Å². The standard InChI is InChI=1S/C35H59N3O3/c1-13-16-27(14-2)37(12)30-31(39)38(35(36-30)21-17-26(18-22-35)34(9,10)11)29(19-20-33(6,7)8)25(5)23-24(4)28(15-3)32(40)41/h15,23,26-27,29H,5,13-14,16-22H2,1-4,6-12H3,(H,40,41)/b24-23-,28-15+. The van der Waals surface area contributed by atoms with Crippen molar-refractivity contribution in [2.75, 3.05) is 7.05 Å². The van der Waals surface area contributed by atoms with Crippen LogP contribution >= 0.6 is 0 Å². The minimum Gasteiger partial charge on any atom is -0.478 e. The zero-order valence-corrected chi connectivity index (χ0v) is 28.1. The summed E-state index contributed by atoms with van der Waals surface area (Å²) in [5.74, 6) is 0.195. The molecule has 6 nitrogen and oxygen atoms in total. The Morgan fingerprint density at radius 3 is 2.20 bits per heavy atom. The van der Waals surface area contributed by atoms with Gasteiger partial charge in [0.25, 0.3) is 5.91 Å². The maximum Gasteiger partial charge on any atom is 0.335 e. The summed E-state index contributed by atoms with van der Waals surface area (Å²) >= 11 is 0. The lowest BCUT2D eigenvalue weighted by molar-refractivity contribution is -0.133. The fourth-order valence-corrected chi connectivity index (χ4v) is 6.76. The van der Waals surface area contributed by atoms with Crippen LogP contribution in [0.25, 0.3) is 0 Å². The minimum atomic E-state index is -0.955. The van der Waals surface area contributed by atoms with E-state index in [1.807, 2.05) is 20.0 Å². The second-order valence-corrected chi connectivity index (χ2v) is 14.7. The molecule has 2 aliphatic rings. The van der Waals surface area contributed by atoms with Crippen LogP contribution in [0.2, 0.25) is 0 Å². The zero-order valence-electron chi connectivity index (χ0n) is 28.1. The first-order valence-corrected chi connectivity index (χ1v) is 15.9. The Labute approximate surface area is 251 Å². The Balaban J connectivity index is 2.65. The molecule has 0 saturated heterocycles. The fraction of sp³-hybridized carbons (Fsp3) is 0.743. The van der Waals surface area contributed by atoms with Gasteiger partial charge in [0.05, 0.1) is 11.6 Å². The van der Waals surface area contributed by atoms with Crippen molar-refractivity contribution in [3.63, 3.8) is 0 Å². The van der Waals surface area contributed by atoms with Crippen molar-refractivity contribution in [1.82, 2.24) is 9.80 Å². The van der Waals surface area contributed by atoms with Crippen LogP contribution in [-0.4, -0.2) is 57.4 Å². The molecule has 1 aliphatic heterocycles. The van der Waals surface area contributed by atoms with Crippen LogP contribution in [0.4, 0.5) is 0 Å². The van der Waals surface area contributed by atoms with Crippen molar-refractivity contribution in [3.8, 4) is 0 Å². The first kappa shape index (κ1) is 34.8. The number of carboxylic acids is 1. The van der Waals surface area contributed by atoms with Gasteiger partial charge in [-0.15, -0.1) is 0 Å². The largest absolute Gasteiger partial charge is 0.478 e. The highest BCUT2D eigenvalue weighted by atomic mass is 16.4. The molecule has 0 radical (unpaired) electrons. The lowest BCUT2D eigenvalue weighted by Gasteiger charge is -2.47. The number of likely N-dealkylation sites (N-methyl/N-ethyl adjacent to an activating group) is 1. The molecule has 0 aromatic heterocycles. The SMILES string of the molecule is C=C(/C=C(C)\C(=C/C)C(=O)O)C(CCC(C)(C)C)N1C(=O)C(N(C)C(CC)CCC)=NC12CCC(C(C)(C)C)CC2. The summed E-state index contributed by atoms with van der Waals surface area (Å²) in [6.07, 6.45) is 11.9. The van der Waals surface area contributed by atoms with Crippen molar-refractivity contribution in [2.24, 2.45) is 21.7 Å². The molecule has 1 spiro atoms. The summed E-state index contributed by atoms with van der Waals surface area (Å²) in [4.78, 5) is 36.0.